The first-order valence-electron chi connectivity index (χ1n) is 39.7. The molecule has 0 aromatic carbocycles. The molecule has 0 amide bonds. The van der Waals surface area contributed by atoms with Crippen molar-refractivity contribution in [2.45, 2.75) is 317 Å². The van der Waals surface area contributed by atoms with Gasteiger partial charge in [0.15, 0.2) is 0 Å². The molecule has 0 spiro atoms. The van der Waals surface area contributed by atoms with Gasteiger partial charge in [0.1, 0.15) is 0 Å². The molecular formula is C87H176. The van der Waals surface area contributed by atoms with Crippen LogP contribution >= 0.6 is 0 Å². The Bertz CT molecular complexity index is 1720. The molecule has 0 aliphatic rings. The van der Waals surface area contributed by atoms with Crippen molar-refractivity contribution < 1.29 is 0 Å². The van der Waals surface area contributed by atoms with Crippen LogP contribution in [-0.2, 0) is 0 Å². The Labute approximate surface area is 556 Å². The summed E-state index contributed by atoms with van der Waals surface area (Å²) in [5, 5.41) is 0. The summed E-state index contributed by atoms with van der Waals surface area (Å²) in [5.41, 5.74) is 0. The lowest BCUT2D eigenvalue weighted by atomic mass is 9.47. The maximum Gasteiger partial charge on any atom is -0.0318 e. The van der Waals surface area contributed by atoms with Gasteiger partial charge in [-0.25, -0.2) is 0 Å². The molecular weight excluding hydrogens is 1040 g/mol. The first-order chi connectivity index (χ1) is 39.7. The number of rotatable bonds is 43. The van der Waals surface area contributed by atoms with Crippen LogP contribution in [0.2, 0.25) is 0 Å². The van der Waals surface area contributed by atoms with Gasteiger partial charge in [-0.05, 0) is 255 Å². The minimum absolute atomic E-state index is 0.558. The molecule has 0 nitrogen and oxygen atoms in total. The molecule has 0 bridgehead atoms. The van der Waals surface area contributed by atoms with Crippen LogP contribution in [-0.4, -0.2) is 0 Å². The average molecular weight is 1220 g/mol. The highest BCUT2D eigenvalue weighted by atomic mass is 14.6. The largest absolute Gasteiger partial charge is 0.0651 e. The standard InChI is InChI=1S/C87H176/c1-44-59(26)82(75(42)81(58(24)25)69(36)61(28)47(2)3)76(43)85(73(40)72(39)83(66(33)52(12)13)67(34)53(14)15)87(77(46-78(55(18)19)63(30)49(6)7)45-60(27)79(56(20)21)64(31)50(8)9)86(74(41)71(38)80(57(22)23)65(32)51(10)11)84(68(35)54(16)17)70(37)62(29)48(4)5/h47-87H,44-46H2,1-43H3. The van der Waals surface area contributed by atoms with Crippen molar-refractivity contribution in [3.8, 4) is 0 Å². The summed E-state index contributed by atoms with van der Waals surface area (Å²) >= 11 is 0. The van der Waals surface area contributed by atoms with E-state index in [0.29, 0.717) is 243 Å². The molecule has 0 saturated heterocycles. The smallest absolute Gasteiger partial charge is 0.0318 e. The van der Waals surface area contributed by atoms with Crippen molar-refractivity contribution in [1.29, 1.82) is 0 Å². The second-order valence-electron chi connectivity index (χ2n) is 38.1. The van der Waals surface area contributed by atoms with E-state index in [4.69, 9.17) is 0 Å². The van der Waals surface area contributed by atoms with Gasteiger partial charge in [0.25, 0.3) is 0 Å². The third-order valence-electron chi connectivity index (χ3n) is 29.8. The van der Waals surface area contributed by atoms with Crippen molar-refractivity contribution in [1.82, 2.24) is 0 Å². The summed E-state index contributed by atoms with van der Waals surface area (Å²) in [5.74, 6) is 25.9. The third-order valence-corrected chi connectivity index (χ3v) is 29.8. The predicted octanol–water partition coefficient (Wildman–Crippen LogP) is 28.3. The monoisotopic (exact) mass is 1220 g/mol. The summed E-state index contributed by atoms with van der Waals surface area (Å²) in [4.78, 5) is 0. The fourth-order valence-corrected chi connectivity index (χ4v) is 21.6. The van der Waals surface area contributed by atoms with Crippen LogP contribution in [0.15, 0.2) is 0 Å². The molecule has 0 aromatic heterocycles. The Morgan fingerprint density at radius 2 is 0.402 bits per heavy atom. The molecule has 0 aliphatic carbocycles. The highest BCUT2D eigenvalue weighted by Crippen LogP contribution is 2.61. The van der Waals surface area contributed by atoms with Gasteiger partial charge in [0.05, 0.1) is 0 Å². The zero-order valence-corrected chi connectivity index (χ0v) is 68.8. The molecule has 524 valence electrons. The van der Waals surface area contributed by atoms with Gasteiger partial charge in [-0.2, -0.15) is 0 Å². The molecule has 87 heavy (non-hydrogen) atoms. The Balaban J connectivity index is 11.3. The molecule has 0 heterocycles. The molecule has 0 fully saturated rings. The summed E-state index contributed by atoms with van der Waals surface area (Å²) in [6, 6.07) is 0. The van der Waals surface area contributed by atoms with E-state index >= 15 is 0 Å². The molecule has 0 aromatic rings. The van der Waals surface area contributed by atoms with Crippen LogP contribution in [0.25, 0.3) is 0 Å². The predicted molar refractivity (Wildman–Crippen MR) is 401 cm³/mol. The number of hydrogen-bond acceptors (Lipinski definition) is 0. The highest BCUT2D eigenvalue weighted by Gasteiger charge is 2.55. The summed E-state index contributed by atoms with van der Waals surface area (Å²) < 4.78 is 0. The maximum absolute atomic E-state index is 2.99. The van der Waals surface area contributed by atoms with E-state index in [0.717, 1.165) is 0 Å². The van der Waals surface area contributed by atoms with Crippen molar-refractivity contribution in [2.75, 3.05) is 0 Å². The van der Waals surface area contributed by atoms with E-state index in [9.17, 15) is 0 Å². The zero-order chi connectivity index (χ0) is 68.8. The van der Waals surface area contributed by atoms with Crippen LogP contribution in [0, 0.1) is 243 Å². The first-order valence-corrected chi connectivity index (χ1v) is 39.7. The molecule has 0 saturated carbocycles. The minimum Gasteiger partial charge on any atom is -0.0651 e. The van der Waals surface area contributed by atoms with Gasteiger partial charge in [0.2, 0.25) is 0 Å². The van der Waals surface area contributed by atoms with Crippen LogP contribution < -0.4 is 0 Å². The van der Waals surface area contributed by atoms with E-state index < -0.39 is 0 Å². The number of hydrogen-bond donors (Lipinski definition) is 0. The Morgan fingerprint density at radius 1 is 0.149 bits per heavy atom. The lowest BCUT2D eigenvalue weighted by Gasteiger charge is -2.58. The van der Waals surface area contributed by atoms with Gasteiger partial charge in [-0.1, -0.05) is 304 Å². The molecule has 0 heteroatoms. The molecule has 0 aliphatic heterocycles. The topological polar surface area (TPSA) is 0 Å². The Kier molecular flexibility index (Phi) is 39.1. The van der Waals surface area contributed by atoms with E-state index in [1.807, 2.05) is 0 Å². The fraction of sp³-hybridized carbons (Fsp3) is 1.00. The Morgan fingerprint density at radius 3 is 0.736 bits per heavy atom. The maximum atomic E-state index is 2.99. The quantitative estimate of drug-likeness (QED) is 0.0571. The summed E-state index contributed by atoms with van der Waals surface area (Å²) in [7, 11) is 0. The second-order valence-corrected chi connectivity index (χ2v) is 38.1. The van der Waals surface area contributed by atoms with E-state index in [2.05, 4.69) is 298 Å². The van der Waals surface area contributed by atoms with Crippen LogP contribution in [0.3, 0.4) is 0 Å². The Hall–Kier alpha value is 0. The minimum atomic E-state index is 0.558. The summed E-state index contributed by atoms with van der Waals surface area (Å²) in [6.07, 6.45) is 4.00. The first kappa shape index (κ1) is 87.0. The summed E-state index contributed by atoms with van der Waals surface area (Å²) in [6.45, 7) is 115. The van der Waals surface area contributed by atoms with E-state index in [1.165, 1.54) is 19.3 Å². The third kappa shape index (κ3) is 23.1. The van der Waals surface area contributed by atoms with E-state index in [1.54, 1.807) is 0 Å². The molecule has 28 atom stereocenters. The van der Waals surface area contributed by atoms with Gasteiger partial charge >= 0.3 is 0 Å². The van der Waals surface area contributed by atoms with Crippen molar-refractivity contribution in [2.24, 2.45) is 243 Å². The second kappa shape index (κ2) is 39.1. The van der Waals surface area contributed by atoms with Crippen LogP contribution in [0.4, 0.5) is 0 Å². The van der Waals surface area contributed by atoms with Gasteiger partial charge in [-0.3, -0.25) is 0 Å². The van der Waals surface area contributed by atoms with Crippen molar-refractivity contribution >= 4 is 0 Å². The average Bonchev–Trinajstić information content (AvgIpc) is 1.05. The van der Waals surface area contributed by atoms with Gasteiger partial charge in [0, 0.05) is 0 Å². The van der Waals surface area contributed by atoms with Crippen molar-refractivity contribution in [3.63, 3.8) is 0 Å². The van der Waals surface area contributed by atoms with Crippen LogP contribution in [0.1, 0.15) is 317 Å². The van der Waals surface area contributed by atoms with Crippen molar-refractivity contribution in [3.05, 3.63) is 0 Å². The molecule has 0 N–H and O–H groups in total. The lowest BCUT2D eigenvalue weighted by Crippen LogP contribution is -2.53. The van der Waals surface area contributed by atoms with E-state index in [-0.39, 0.29) is 0 Å². The normalized spacial score (nSPS) is 23.6. The lowest BCUT2D eigenvalue weighted by molar-refractivity contribution is -0.104. The van der Waals surface area contributed by atoms with Gasteiger partial charge in [-0.15, -0.1) is 0 Å². The molecule has 0 rings (SSSR count). The molecule has 28 unspecified atom stereocenters. The highest BCUT2D eigenvalue weighted by molar-refractivity contribution is 5.03. The molecule has 0 radical (unpaired) electrons. The zero-order valence-electron chi connectivity index (χ0n) is 68.8. The SMILES string of the molecule is CCC(C)C(C(C)C(C(C)C)C(C)C(C)C(C)C)C(C)C(C(C)C(C)C(C(C)C(C)C)C(C)C(C)C)C(C(CC(C)C(C(C)C)C(C)C(C)C)CC(C(C)C)C(C)C(C)C)C(C(C)C(C)C(C(C)C)C(C)C(C)C)C(C(C)C(C)C)C(C)C(C)C(C)C. The van der Waals surface area contributed by atoms with Crippen LogP contribution in [0.5, 0.6) is 0 Å². The fourth-order valence-electron chi connectivity index (χ4n) is 21.6. The van der Waals surface area contributed by atoms with Gasteiger partial charge < -0.3 is 0 Å².